The molecule has 0 saturated carbocycles. The second-order valence-corrected chi connectivity index (χ2v) is 6.49. The first kappa shape index (κ1) is 16.6. The zero-order chi connectivity index (χ0) is 18.4. The van der Waals surface area contributed by atoms with Gasteiger partial charge in [0.05, 0.1) is 17.7 Å². The third kappa shape index (κ3) is 2.54. The van der Waals surface area contributed by atoms with Crippen molar-refractivity contribution in [2.45, 2.75) is 13.0 Å². The van der Waals surface area contributed by atoms with E-state index in [1.54, 1.807) is 18.3 Å². The fourth-order valence-electron chi connectivity index (χ4n) is 3.29. The van der Waals surface area contributed by atoms with Crippen molar-refractivity contribution in [1.29, 1.82) is 0 Å². The maximum atomic E-state index is 13.3. The molecule has 5 nitrogen and oxygen atoms in total. The number of methoxy groups -OCH3 is 1. The second-order valence-electron chi connectivity index (χ2n) is 6.08. The van der Waals surface area contributed by atoms with Gasteiger partial charge in [0.15, 0.2) is 5.75 Å². The minimum atomic E-state index is -0.466. The Bertz CT molecular complexity index is 1070. The summed E-state index contributed by atoms with van der Waals surface area (Å²) >= 11 is 5.84. The fourth-order valence-corrected chi connectivity index (χ4v) is 3.50. The van der Waals surface area contributed by atoms with Crippen LogP contribution in [-0.2, 0) is 13.0 Å². The average molecular weight is 373 g/mol. The Morgan fingerprint density at radius 3 is 2.88 bits per heavy atom. The largest absolute Gasteiger partial charge is 0.505 e. The highest BCUT2D eigenvalue weighted by Gasteiger charge is 2.30. The molecule has 3 aromatic rings. The van der Waals surface area contributed by atoms with Crippen molar-refractivity contribution in [3.8, 4) is 11.5 Å². The van der Waals surface area contributed by atoms with Crippen LogP contribution in [0.2, 0.25) is 5.02 Å². The molecule has 1 aliphatic heterocycles. The van der Waals surface area contributed by atoms with E-state index in [2.05, 4.69) is 10.3 Å². The van der Waals surface area contributed by atoms with Gasteiger partial charge in [-0.15, -0.1) is 0 Å². The number of fused-ring (bicyclic) bond motifs is 2. The van der Waals surface area contributed by atoms with Gasteiger partial charge in [-0.25, -0.2) is 4.39 Å². The van der Waals surface area contributed by atoms with Gasteiger partial charge in [0, 0.05) is 23.7 Å². The molecule has 0 radical (unpaired) electrons. The highest BCUT2D eigenvalue weighted by atomic mass is 35.5. The van der Waals surface area contributed by atoms with E-state index in [-0.39, 0.29) is 22.2 Å². The maximum absolute atomic E-state index is 13.3. The van der Waals surface area contributed by atoms with Crippen molar-refractivity contribution in [2.24, 2.45) is 0 Å². The van der Waals surface area contributed by atoms with E-state index in [9.17, 15) is 14.3 Å². The van der Waals surface area contributed by atoms with Crippen LogP contribution in [-0.4, -0.2) is 23.1 Å². The number of halogens is 2. The lowest BCUT2D eigenvalue weighted by molar-refractivity contribution is 0.0963. The molecule has 2 N–H and O–H groups in total. The number of hydrogen-bond acceptors (Lipinski definition) is 4. The number of hydrogen-bond donors (Lipinski definition) is 2. The van der Waals surface area contributed by atoms with E-state index >= 15 is 0 Å². The first-order chi connectivity index (χ1) is 12.5. The minimum Gasteiger partial charge on any atom is -0.505 e. The van der Waals surface area contributed by atoms with E-state index in [4.69, 9.17) is 16.3 Å². The van der Waals surface area contributed by atoms with Crippen LogP contribution in [0.4, 0.5) is 4.39 Å². The van der Waals surface area contributed by atoms with E-state index in [1.807, 2.05) is 6.07 Å². The summed E-state index contributed by atoms with van der Waals surface area (Å²) in [7, 11) is 1.52. The molecule has 0 aliphatic carbocycles. The third-order valence-electron chi connectivity index (χ3n) is 4.48. The van der Waals surface area contributed by atoms with Crippen molar-refractivity contribution in [3.05, 3.63) is 63.6 Å². The molecule has 0 fully saturated rings. The maximum Gasteiger partial charge on any atom is 0.255 e. The highest BCUT2D eigenvalue weighted by Crippen LogP contribution is 2.41. The summed E-state index contributed by atoms with van der Waals surface area (Å²) < 4.78 is 18.8. The smallest absolute Gasteiger partial charge is 0.255 e. The number of amides is 1. The third-order valence-corrected chi connectivity index (χ3v) is 4.76. The van der Waals surface area contributed by atoms with Crippen molar-refractivity contribution in [1.82, 2.24) is 10.3 Å². The van der Waals surface area contributed by atoms with Crippen molar-refractivity contribution < 1.29 is 19.0 Å². The average Bonchev–Trinajstić information content (AvgIpc) is 3.00. The first-order valence-corrected chi connectivity index (χ1v) is 8.30. The predicted octanol–water partition coefficient (Wildman–Crippen LogP) is 3.58. The van der Waals surface area contributed by atoms with Gasteiger partial charge >= 0.3 is 0 Å². The predicted molar refractivity (Wildman–Crippen MR) is 95.3 cm³/mol. The Balaban J connectivity index is 1.84. The number of nitrogens with one attached hydrogen (secondary N) is 1. The Morgan fingerprint density at radius 2 is 2.15 bits per heavy atom. The number of phenols is 1. The Morgan fingerprint density at radius 1 is 1.35 bits per heavy atom. The van der Waals surface area contributed by atoms with E-state index in [0.717, 1.165) is 11.1 Å². The lowest BCUT2D eigenvalue weighted by Gasteiger charge is -2.13. The quantitative estimate of drug-likeness (QED) is 0.737. The number of aromatic hydroxyl groups is 1. The number of ether oxygens (including phenoxy) is 1. The summed E-state index contributed by atoms with van der Waals surface area (Å²) in [4.78, 5) is 16.3. The number of nitrogens with zero attached hydrogens (tertiary/aromatic N) is 1. The van der Waals surface area contributed by atoms with Gasteiger partial charge in [0.25, 0.3) is 5.91 Å². The highest BCUT2D eigenvalue weighted by molar-refractivity contribution is 6.30. The molecule has 1 amide bonds. The number of phenolic OH excluding ortho intramolecular Hbond substituents is 1. The fraction of sp³-hybridized carbons (Fsp3) is 0.158. The lowest BCUT2D eigenvalue weighted by atomic mass is 9.99. The SMILES string of the molecule is COc1c2c(c(O)c3ncc(Cc4ccc(F)c(Cl)c4)cc13)C(=O)NC2. The number of aromatic nitrogens is 1. The Kier molecular flexibility index (Phi) is 3.92. The van der Waals surface area contributed by atoms with Crippen LogP contribution in [0.5, 0.6) is 11.5 Å². The van der Waals surface area contributed by atoms with Gasteiger partial charge in [-0.2, -0.15) is 0 Å². The van der Waals surface area contributed by atoms with Crippen molar-refractivity contribution in [3.63, 3.8) is 0 Å². The normalized spacial score (nSPS) is 13.0. The summed E-state index contributed by atoms with van der Waals surface area (Å²) in [5, 5.41) is 13.8. The Labute approximate surface area is 153 Å². The number of carbonyl (C=O) groups is 1. The van der Waals surface area contributed by atoms with Crippen molar-refractivity contribution in [2.75, 3.05) is 7.11 Å². The van der Waals surface area contributed by atoms with Crippen LogP contribution in [0.1, 0.15) is 27.0 Å². The summed E-state index contributed by atoms with van der Waals surface area (Å²) in [5.74, 6) is -0.448. The molecule has 0 unspecified atom stereocenters. The van der Waals surface area contributed by atoms with Crippen LogP contribution in [0.3, 0.4) is 0 Å². The van der Waals surface area contributed by atoms with Gasteiger partial charge in [-0.1, -0.05) is 17.7 Å². The molecular formula is C19H14ClFN2O3. The van der Waals surface area contributed by atoms with Crippen LogP contribution in [0, 0.1) is 5.82 Å². The van der Waals surface area contributed by atoms with Crippen LogP contribution >= 0.6 is 11.6 Å². The molecule has 0 spiro atoms. The van der Waals surface area contributed by atoms with Gasteiger partial charge in [-0.3, -0.25) is 9.78 Å². The number of pyridine rings is 1. The van der Waals surface area contributed by atoms with Gasteiger partial charge in [0.1, 0.15) is 17.1 Å². The molecule has 26 heavy (non-hydrogen) atoms. The molecule has 1 aliphatic rings. The minimum absolute atomic E-state index is 0.0638. The molecule has 2 aromatic carbocycles. The summed E-state index contributed by atoms with van der Waals surface area (Å²) in [5.41, 5.74) is 2.80. The van der Waals surface area contributed by atoms with Gasteiger partial charge in [-0.05, 0) is 35.7 Å². The first-order valence-electron chi connectivity index (χ1n) is 7.92. The molecule has 2 heterocycles. The molecule has 132 valence electrons. The summed E-state index contributed by atoms with van der Waals surface area (Å²) in [6.07, 6.45) is 2.10. The summed E-state index contributed by atoms with van der Waals surface area (Å²) in [6.45, 7) is 0.290. The second kappa shape index (κ2) is 6.14. The van der Waals surface area contributed by atoms with Crippen molar-refractivity contribution >= 4 is 28.4 Å². The Hall–Kier alpha value is -2.86. The molecule has 7 heteroatoms. The lowest BCUT2D eigenvalue weighted by Crippen LogP contribution is -2.12. The van der Waals surface area contributed by atoms with E-state index in [0.29, 0.717) is 35.2 Å². The molecule has 1 aromatic heterocycles. The molecule has 0 bridgehead atoms. The number of benzene rings is 2. The zero-order valence-corrected chi connectivity index (χ0v) is 14.5. The van der Waals surface area contributed by atoms with E-state index < -0.39 is 5.82 Å². The summed E-state index contributed by atoms with van der Waals surface area (Å²) in [6, 6.07) is 6.40. The van der Waals surface area contributed by atoms with E-state index in [1.165, 1.54) is 13.2 Å². The van der Waals surface area contributed by atoms with Crippen LogP contribution in [0.15, 0.2) is 30.5 Å². The molecule has 0 saturated heterocycles. The number of rotatable bonds is 3. The standard InChI is InChI=1S/C19H14ClFN2O3/c1-26-18-11-5-10(4-9-2-3-14(21)13(20)6-9)7-22-16(11)17(24)15-12(18)8-23-19(15)25/h2-3,5-7,24H,4,8H2,1H3,(H,23,25). The van der Waals surface area contributed by atoms with Gasteiger partial charge in [0.2, 0.25) is 0 Å². The van der Waals surface area contributed by atoms with Crippen LogP contribution in [0.25, 0.3) is 10.9 Å². The molecule has 0 atom stereocenters. The zero-order valence-electron chi connectivity index (χ0n) is 13.8. The topological polar surface area (TPSA) is 71.5 Å². The monoisotopic (exact) mass is 372 g/mol. The molecular weight excluding hydrogens is 359 g/mol. The van der Waals surface area contributed by atoms with Gasteiger partial charge < -0.3 is 15.2 Å². The molecule has 4 rings (SSSR count). The number of carbonyl (C=O) groups excluding carboxylic acids is 1. The van der Waals surface area contributed by atoms with Crippen LogP contribution < -0.4 is 10.1 Å².